The summed E-state index contributed by atoms with van der Waals surface area (Å²) in [4.78, 5) is 23.7. The van der Waals surface area contributed by atoms with Crippen molar-refractivity contribution in [1.29, 1.82) is 0 Å². The smallest absolute Gasteiger partial charge is 0.340 e. The molecule has 2 aromatic carbocycles. The number of nitrogens with one attached hydrogen (secondary N) is 1. The molecule has 0 radical (unpaired) electrons. The highest BCUT2D eigenvalue weighted by atomic mass is 35.5. The van der Waals surface area contributed by atoms with Crippen LogP contribution in [0.2, 0.25) is 5.02 Å². The molecule has 3 rings (SSSR count). The minimum atomic E-state index is -4.05. The van der Waals surface area contributed by atoms with Crippen molar-refractivity contribution in [1.82, 2.24) is 5.32 Å². The Morgan fingerprint density at radius 3 is 2.48 bits per heavy atom. The van der Waals surface area contributed by atoms with Gasteiger partial charge in [-0.2, -0.15) is 0 Å². The SMILES string of the molecule is CN(c1ccc(F)cc1)S(=O)(=O)c1ccc(Cl)c(C(=O)OCC(=O)NC2CC2)c1. The molecule has 0 aromatic heterocycles. The molecule has 1 amide bonds. The molecule has 0 aliphatic heterocycles. The number of benzene rings is 2. The first-order valence-electron chi connectivity index (χ1n) is 8.69. The Balaban J connectivity index is 1.78. The van der Waals surface area contributed by atoms with E-state index in [0.29, 0.717) is 0 Å². The van der Waals surface area contributed by atoms with Crippen LogP contribution in [0.3, 0.4) is 0 Å². The average Bonchev–Trinajstić information content (AvgIpc) is 3.50. The molecule has 0 saturated heterocycles. The second-order valence-electron chi connectivity index (χ2n) is 6.51. The molecular formula is C19H18ClFN2O5S. The summed E-state index contributed by atoms with van der Waals surface area (Å²) < 4.78 is 44.7. The minimum Gasteiger partial charge on any atom is -0.452 e. The Hall–Kier alpha value is -2.65. The third kappa shape index (κ3) is 5.04. The molecule has 154 valence electrons. The second kappa shape index (κ2) is 8.38. The van der Waals surface area contributed by atoms with Gasteiger partial charge in [0.25, 0.3) is 15.9 Å². The highest BCUT2D eigenvalue weighted by Gasteiger charge is 2.26. The van der Waals surface area contributed by atoms with Crippen LogP contribution in [0.15, 0.2) is 47.4 Å². The van der Waals surface area contributed by atoms with E-state index in [1.165, 1.54) is 31.3 Å². The maximum atomic E-state index is 13.1. The van der Waals surface area contributed by atoms with Gasteiger partial charge >= 0.3 is 5.97 Å². The van der Waals surface area contributed by atoms with Crippen molar-refractivity contribution in [3.63, 3.8) is 0 Å². The maximum absolute atomic E-state index is 13.1. The van der Waals surface area contributed by atoms with Gasteiger partial charge in [0, 0.05) is 13.1 Å². The molecule has 0 heterocycles. The average molecular weight is 441 g/mol. The van der Waals surface area contributed by atoms with Crippen molar-refractivity contribution in [2.75, 3.05) is 18.0 Å². The number of halogens is 2. The zero-order valence-corrected chi connectivity index (χ0v) is 17.0. The van der Waals surface area contributed by atoms with Crippen LogP contribution in [0.1, 0.15) is 23.2 Å². The monoisotopic (exact) mass is 440 g/mol. The van der Waals surface area contributed by atoms with E-state index in [0.717, 1.165) is 35.3 Å². The number of rotatable bonds is 7. The summed E-state index contributed by atoms with van der Waals surface area (Å²) in [6, 6.07) is 8.62. The summed E-state index contributed by atoms with van der Waals surface area (Å²) in [7, 11) is -2.75. The van der Waals surface area contributed by atoms with Gasteiger partial charge in [-0.3, -0.25) is 9.10 Å². The first-order chi connectivity index (χ1) is 13.7. The summed E-state index contributed by atoms with van der Waals surface area (Å²) in [5.41, 5.74) is 0.0571. The van der Waals surface area contributed by atoms with Crippen molar-refractivity contribution in [3.05, 3.63) is 58.9 Å². The lowest BCUT2D eigenvalue weighted by atomic mass is 10.2. The number of hydrogen-bond donors (Lipinski definition) is 1. The van der Waals surface area contributed by atoms with Crippen molar-refractivity contribution in [2.24, 2.45) is 0 Å². The standard InChI is InChI=1S/C19H18ClFN2O5S/c1-23(14-6-2-12(21)3-7-14)29(26,27)15-8-9-17(20)16(10-15)19(25)28-11-18(24)22-13-4-5-13/h2-3,6-10,13H,4-5,11H2,1H3,(H,22,24). The Kier molecular flexibility index (Phi) is 6.09. The number of amides is 1. The molecule has 1 fully saturated rings. The van der Waals surface area contributed by atoms with Crippen LogP contribution in [0.5, 0.6) is 0 Å². The van der Waals surface area contributed by atoms with E-state index >= 15 is 0 Å². The minimum absolute atomic E-state index is 0.0130. The van der Waals surface area contributed by atoms with E-state index in [-0.39, 0.29) is 27.2 Å². The number of carbonyl (C=O) groups excluding carboxylic acids is 2. The summed E-state index contributed by atoms with van der Waals surface area (Å²) in [6.07, 6.45) is 1.79. The van der Waals surface area contributed by atoms with Gasteiger partial charge < -0.3 is 10.1 Å². The largest absolute Gasteiger partial charge is 0.452 e. The fourth-order valence-electron chi connectivity index (χ4n) is 2.48. The van der Waals surface area contributed by atoms with Gasteiger partial charge in [0.15, 0.2) is 6.61 Å². The van der Waals surface area contributed by atoms with E-state index in [1.54, 1.807) is 0 Å². The summed E-state index contributed by atoms with van der Waals surface area (Å²) in [5, 5.41) is 2.66. The predicted molar refractivity (Wildman–Crippen MR) is 105 cm³/mol. The summed E-state index contributed by atoms with van der Waals surface area (Å²) >= 11 is 6.01. The molecule has 1 saturated carbocycles. The van der Waals surface area contributed by atoms with Crippen LogP contribution >= 0.6 is 11.6 Å². The molecule has 29 heavy (non-hydrogen) atoms. The van der Waals surface area contributed by atoms with Crippen molar-refractivity contribution >= 4 is 39.2 Å². The second-order valence-corrected chi connectivity index (χ2v) is 8.88. The Morgan fingerprint density at radius 1 is 1.21 bits per heavy atom. The Labute approximate surface area is 172 Å². The number of carbonyl (C=O) groups is 2. The van der Waals surface area contributed by atoms with E-state index < -0.39 is 34.3 Å². The number of sulfonamides is 1. The lowest BCUT2D eigenvalue weighted by Crippen LogP contribution is -2.30. The molecule has 1 aliphatic rings. The van der Waals surface area contributed by atoms with Gasteiger partial charge in [-0.1, -0.05) is 11.6 Å². The van der Waals surface area contributed by atoms with E-state index in [9.17, 15) is 22.4 Å². The van der Waals surface area contributed by atoms with Gasteiger partial charge in [0.1, 0.15) is 5.82 Å². The zero-order chi connectivity index (χ0) is 21.2. The Morgan fingerprint density at radius 2 is 1.86 bits per heavy atom. The topological polar surface area (TPSA) is 92.8 Å². The highest BCUT2D eigenvalue weighted by molar-refractivity contribution is 7.92. The van der Waals surface area contributed by atoms with Crippen molar-refractivity contribution in [3.8, 4) is 0 Å². The van der Waals surface area contributed by atoms with Crippen molar-refractivity contribution < 1.29 is 27.1 Å². The van der Waals surface area contributed by atoms with Gasteiger partial charge in [0.2, 0.25) is 0 Å². The number of ether oxygens (including phenoxy) is 1. The molecule has 7 nitrogen and oxygen atoms in total. The van der Waals surface area contributed by atoms with E-state index in [4.69, 9.17) is 16.3 Å². The molecule has 0 unspecified atom stereocenters. The normalized spacial score (nSPS) is 13.6. The molecule has 0 atom stereocenters. The van der Waals surface area contributed by atoms with Crippen molar-refractivity contribution in [2.45, 2.75) is 23.8 Å². The molecule has 1 N–H and O–H groups in total. The van der Waals surface area contributed by atoms with Gasteiger partial charge in [-0.25, -0.2) is 17.6 Å². The van der Waals surface area contributed by atoms with Crippen LogP contribution in [0.25, 0.3) is 0 Å². The number of anilines is 1. The molecular weight excluding hydrogens is 423 g/mol. The molecule has 0 bridgehead atoms. The van der Waals surface area contributed by atoms with Crippen LogP contribution < -0.4 is 9.62 Å². The van der Waals surface area contributed by atoms with Crippen LogP contribution in [0, 0.1) is 5.82 Å². The van der Waals surface area contributed by atoms with E-state index in [1.807, 2.05) is 0 Å². The van der Waals surface area contributed by atoms with Gasteiger partial charge in [0.05, 0.1) is 21.2 Å². The first kappa shape index (κ1) is 21.1. The highest BCUT2D eigenvalue weighted by Crippen LogP contribution is 2.26. The fraction of sp³-hybridized carbons (Fsp3) is 0.263. The van der Waals surface area contributed by atoms with Crippen LogP contribution in [-0.2, 0) is 19.6 Å². The number of hydrogen-bond acceptors (Lipinski definition) is 5. The van der Waals surface area contributed by atoms with Gasteiger partial charge in [-0.05, 0) is 55.3 Å². The molecule has 1 aliphatic carbocycles. The fourth-order valence-corrected chi connectivity index (χ4v) is 3.89. The predicted octanol–water partition coefficient (Wildman–Crippen LogP) is 2.74. The number of esters is 1. The van der Waals surface area contributed by atoms with Crippen LogP contribution in [-0.4, -0.2) is 40.0 Å². The molecule has 2 aromatic rings. The lowest BCUT2D eigenvalue weighted by Gasteiger charge is -2.20. The first-order valence-corrected chi connectivity index (χ1v) is 10.5. The molecule has 0 spiro atoms. The van der Waals surface area contributed by atoms with Crippen LogP contribution in [0.4, 0.5) is 10.1 Å². The summed E-state index contributed by atoms with van der Waals surface area (Å²) in [6.45, 7) is -0.488. The van der Waals surface area contributed by atoms with E-state index in [2.05, 4.69) is 5.32 Å². The molecule has 10 heteroatoms. The third-order valence-corrected chi connectivity index (χ3v) is 6.39. The quantitative estimate of drug-likeness (QED) is 0.668. The zero-order valence-electron chi connectivity index (χ0n) is 15.4. The Bertz CT molecular complexity index is 1040. The summed E-state index contributed by atoms with van der Waals surface area (Å²) in [5.74, 6) is -1.85. The number of nitrogens with zero attached hydrogens (tertiary/aromatic N) is 1. The third-order valence-electron chi connectivity index (χ3n) is 4.28. The lowest BCUT2D eigenvalue weighted by molar-refractivity contribution is -0.124. The maximum Gasteiger partial charge on any atom is 0.340 e. The van der Waals surface area contributed by atoms with Gasteiger partial charge in [-0.15, -0.1) is 0 Å².